The van der Waals surface area contributed by atoms with Crippen molar-refractivity contribution >= 4 is 5.91 Å². The molecule has 5 nitrogen and oxygen atoms in total. The number of carbonyl (C=O) groups is 1. The molecule has 27 heavy (non-hydrogen) atoms. The summed E-state index contributed by atoms with van der Waals surface area (Å²) in [4.78, 5) is 14.9. The lowest BCUT2D eigenvalue weighted by molar-refractivity contribution is 0.0551. The van der Waals surface area contributed by atoms with Crippen LogP contribution in [-0.4, -0.2) is 46.9 Å². The zero-order valence-electron chi connectivity index (χ0n) is 15.7. The summed E-state index contributed by atoms with van der Waals surface area (Å²) in [6.07, 6.45) is 5.32. The molecule has 1 amide bonds. The lowest BCUT2D eigenvalue weighted by Crippen LogP contribution is -2.44. The Balaban J connectivity index is 1.77. The molecule has 1 aliphatic heterocycles. The number of rotatable bonds is 6. The minimum Gasteiger partial charge on any atom is -0.385 e. The number of piperidine rings is 1. The quantitative estimate of drug-likeness (QED) is 0.755. The van der Waals surface area contributed by atoms with Crippen molar-refractivity contribution in [3.05, 3.63) is 41.7 Å². The molecule has 0 N–H and O–H groups in total. The van der Waals surface area contributed by atoms with Gasteiger partial charge in [0.1, 0.15) is 0 Å². The molecule has 2 heterocycles. The van der Waals surface area contributed by atoms with E-state index in [1.54, 1.807) is 38.3 Å². The van der Waals surface area contributed by atoms with Gasteiger partial charge in [-0.1, -0.05) is 12.1 Å². The predicted octanol–water partition coefficient (Wildman–Crippen LogP) is 4.28. The topological polar surface area (TPSA) is 47.4 Å². The SMILES string of the molecule is COCCC1CCCCN1C(=O)c1ccc(-c2cn(C(F)F)nc2C)cc1. The average Bonchev–Trinajstić information content (AvgIpc) is 3.08. The van der Waals surface area contributed by atoms with Gasteiger partial charge in [0.2, 0.25) is 0 Å². The first-order valence-electron chi connectivity index (χ1n) is 9.25. The Bertz CT molecular complexity index is 774. The smallest absolute Gasteiger partial charge is 0.333 e. The second kappa shape index (κ2) is 8.61. The molecule has 1 aromatic heterocycles. The molecule has 1 aromatic carbocycles. The molecule has 3 rings (SSSR count). The molecule has 1 aliphatic rings. The van der Waals surface area contributed by atoms with Gasteiger partial charge in [-0.3, -0.25) is 4.79 Å². The number of carbonyl (C=O) groups excluding carboxylic acids is 1. The molecular formula is C20H25F2N3O2. The maximum Gasteiger partial charge on any atom is 0.333 e. The van der Waals surface area contributed by atoms with E-state index in [-0.39, 0.29) is 11.9 Å². The van der Waals surface area contributed by atoms with Crippen LogP contribution in [0.5, 0.6) is 0 Å². The molecule has 1 saturated heterocycles. The Kier molecular flexibility index (Phi) is 6.21. The fourth-order valence-corrected chi connectivity index (χ4v) is 3.65. The first-order chi connectivity index (χ1) is 13.0. The summed E-state index contributed by atoms with van der Waals surface area (Å²) in [7, 11) is 1.67. The summed E-state index contributed by atoms with van der Waals surface area (Å²) in [5.41, 5.74) is 2.56. The first-order valence-corrected chi connectivity index (χ1v) is 9.25. The van der Waals surface area contributed by atoms with Crippen LogP contribution < -0.4 is 0 Å². The van der Waals surface area contributed by atoms with Crippen LogP contribution in [0.4, 0.5) is 8.78 Å². The maximum absolute atomic E-state index is 13.0. The monoisotopic (exact) mass is 377 g/mol. The second-order valence-corrected chi connectivity index (χ2v) is 6.89. The largest absolute Gasteiger partial charge is 0.385 e. The number of benzene rings is 1. The first kappa shape index (κ1) is 19.5. The fraction of sp³-hybridized carbons (Fsp3) is 0.500. The number of halogens is 2. The van der Waals surface area contributed by atoms with Gasteiger partial charge in [-0.15, -0.1) is 0 Å². The van der Waals surface area contributed by atoms with Crippen LogP contribution >= 0.6 is 0 Å². The van der Waals surface area contributed by atoms with Gasteiger partial charge >= 0.3 is 6.55 Å². The molecule has 0 aliphatic carbocycles. The van der Waals surface area contributed by atoms with E-state index in [0.29, 0.717) is 28.1 Å². The molecule has 1 unspecified atom stereocenters. The van der Waals surface area contributed by atoms with Gasteiger partial charge in [0.25, 0.3) is 5.91 Å². The number of nitrogens with zero attached hydrogens (tertiary/aromatic N) is 3. The van der Waals surface area contributed by atoms with Crippen LogP contribution in [0.2, 0.25) is 0 Å². The van der Waals surface area contributed by atoms with E-state index < -0.39 is 6.55 Å². The predicted molar refractivity (Wildman–Crippen MR) is 98.8 cm³/mol. The highest BCUT2D eigenvalue weighted by molar-refractivity contribution is 5.95. The normalized spacial score (nSPS) is 17.5. The molecule has 146 valence electrons. The Morgan fingerprint density at radius 3 is 2.67 bits per heavy atom. The summed E-state index contributed by atoms with van der Waals surface area (Å²) >= 11 is 0. The summed E-state index contributed by atoms with van der Waals surface area (Å²) in [6, 6.07) is 7.32. The number of aromatic nitrogens is 2. The summed E-state index contributed by atoms with van der Waals surface area (Å²) in [6.45, 7) is 0.429. The van der Waals surface area contributed by atoms with Gasteiger partial charge in [0, 0.05) is 43.6 Å². The summed E-state index contributed by atoms with van der Waals surface area (Å²) < 4.78 is 31.5. The zero-order chi connectivity index (χ0) is 19.4. The van der Waals surface area contributed by atoms with E-state index in [1.807, 2.05) is 4.90 Å². The second-order valence-electron chi connectivity index (χ2n) is 6.89. The van der Waals surface area contributed by atoms with Crippen molar-refractivity contribution in [2.45, 2.75) is 45.2 Å². The molecule has 0 saturated carbocycles. The molecule has 0 spiro atoms. The Hall–Kier alpha value is -2.28. The van der Waals surface area contributed by atoms with Crippen LogP contribution in [0.1, 0.15) is 48.3 Å². The third-order valence-electron chi connectivity index (χ3n) is 5.10. The van der Waals surface area contributed by atoms with Crippen molar-refractivity contribution in [2.24, 2.45) is 0 Å². The molecule has 1 fully saturated rings. The van der Waals surface area contributed by atoms with Crippen molar-refractivity contribution < 1.29 is 18.3 Å². The van der Waals surface area contributed by atoms with Crippen LogP contribution in [0.3, 0.4) is 0 Å². The van der Waals surface area contributed by atoms with Gasteiger partial charge in [-0.2, -0.15) is 13.9 Å². The van der Waals surface area contributed by atoms with Crippen molar-refractivity contribution in [3.63, 3.8) is 0 Å². The minimum absolute atomic E-state index is 0.0161. The number of hydrogen-bond acceptors (Lipinski definition) is 3. The Morgan fingerprint density at radius 2 is 2.04 bits per heavy atom. The lowest BCUT2D eigenvalue weighted by Gasteiger charge is -2.36. The van der Waals surface area contributed by atoms with Crippen molar-refractivity contribution in [1.82, 2.24) is 14.7 Å². The average molecular weight is 377 g/mol. The van der Waals surface area contributed by atoms with Crippen LogP contribution in [0.25, 0.3) is 11.1 Å². The maximum atomic E-state index is 13.0. The third-order valence-corrected chi connectivity index (χ3v) is 5.10. The molecular weight excluding hydrogens is 352 g/mol. The molecule has 1 atom stereocenters. The fourth-order valence-electron chi connectivity index (χ4n) is 3.65. The number of aryl methyl sites for hydroxylation is 1. The molecule has 7 heteroatoms. The zero-order valence-corrected chi connectivity index (χ0v) is 15.7. The number of ether oxygens (including phenoxy) is 1. The van der Waals surface area contributed by atoms with E-state index >= 15 is 0 Å². The number of hydrogen-bond donors (Lipinski definition) is 0. The van der Waals surface area contributed by atoms with Crippen molar-refractivity contribution in [2.75, 3.05) is 20.3 Å². The van der Waals surface area contributed by atoms with Crippen LogP contribution in [0.15, 0.2) is 30.5 Å². The van der Waals surface area contributed by atoms with Crippen molar-refractivity contribution in [3.8, 4) is 11.1 Å². The Labute approximate surface area is 157 Å². The van der Waals surface area contributed by atoms with E-state index in [4.69, 9.17) is 4.74 Å². The minimum atomic E-state index is -2.67. The Morgan fingerprint density at radius 1 is 1.30 bits per heavy atom. The molecule has 2 aromatic rings. The van der Waals surface area contributed by atoms with E-state index in [1.165, 1.54) is 6.20 Å². The van der Waals surface area contributed by atoms with E-state index in [0.717, 1.165) is 37.8 Å². The van der Waals surface area contributed by atoms with Crippen LogP contribution in [0, 0.1) is 6.92 Å². The highest BCUT2D eigenvalue weighted by Crippen LogP contribution is 2.27. The van der Waals surface area contributed by atoms with E-state index in [9.17, 15) is 13.6 Å². The van der Waals surface area contributed by atoms with Crippen molar-refractivity contribution in [1.29, 1.82) is 0 Å². The number of likely N-dealkylation sites (tertiary alicyclic amines) is 1. The van der Waals surface area contributed by atoms with Crippen LogP contribution in [-0.2, 0) is 4.74 Å². The number of alkyl halides is 2. The van der Waals surface area contributed by atoms with Gasteiger partial charge in [0.15, 0.2) is 0 Å². The van der Waals surface area contributed by atoms with E-state index in [2.05, 4.69) is 5.10 Å². The van der Waals surface area contributed by atoms with Gasteiger partial charge in [-0.25, -0.2) is 4.68 Å². The standard InChI is InChI=1S/C20H25F2N3O2/c1-14-18(13-25(23-14)20(21)22)15-6-8-16(9-7-15)19(26)24-11-4-3-5-17(24)10-12-27-2/h6-9,13,17,20H,3-5,10-12H2,1-2H3. The third kappa shape index (κ3) is 4.35. The lowest BCUT2D eigenvalue weighted by atomic mass is 9.98. The number of amides is 1. The van der Waals surface area contributed by atoms with Gasteiger partial charge in [0.05, 0.1) is 5.69 Å². The summed E-state index contributed by atoms with van der Waals surface area (Å²) in [5.74, 6) is 0.0161. The number of methoxy groups -OCH3 is 1. The highest BCUT2D eigenvalue weighted by Gasteiger charge is 2.27. The molecule has 0 bridgehead atoms. The molecule has 0 radical (unpaired) electrons. The van der Waals surface area contributed by atoms with Gasteiger partial charge < -0.3 is 9.64 Å². The van der Waals surface area contributed by atoms with Gasteiger partial charge in [-0.05, 0) is 50.3 Å². The summed E-state index contributed by atoms with van der Waals surface area (Å²) in [5, 5.41) is 3.84. The highest BCUT2D eigenvalue weighted by atomic mass is 19.3.